The Morgan fingerprint density at radius 3 is 2.63 bits per heavy atom. The summed E-state index contributed by atoms with van der Waals surface area (Å²) in [6, 6.07) is 6.03. The first-order valence-corrected chi connectivity index (χ1v) is 10.3. The summed E-state index contributed by atoms with van der Waals surface area (Å²) in [5, 5.41) is 9.07. The zero-order chi connectivity index (χ0) is 21.5. The Morgan fingerprint density at radius 2 is 1.97 bits per heavy atom. The lowest BCUT2D eigenvalue weighted by molar-refractivity contribution is -0.132. The van der Waals surface area contributed by atoms with Crippen molar-refractivity contribution >= 4 is 5.97 Å². The van der Waals surface area contributed by atoms with Gasteiger partial charge in [-0.1, -0.05) is 6.92 Å². The van der Waals surface area contributed by atoms with Crippen LogP contribution in [-0.2, 0) is 20.9 Å². The number of carboxylic acids is 1. The molecule has 2 aromatic rings. The molecule has 30 heavy (non-hydrogen) atoms. The summed E-state index contributed by atoms with van der Waals surface area (Å²) in [6.07, 6.45) is 5.89. The smallest absolute Gasteiger partial charge is 0.331 e. The number of aliphatic carboxylic acids is 1. The number of aryl methyl sites for hydroxylation is 1. The second-order valence-electron chi connectivity index (χ2n) is 7.47. The molecule has 0 unspecified atom stereocenters. The fraction of sp³-hybridized carbons (Fsp3) is 0.478. The van der Waals surface area contributed by atoms with Crippen molar-refractivity contribution in [2.24, 2.45) is 0 Å². The number of hydrogen-bond donors (Lipinski definition) is 1. The van der Waals surface area contributed by atoms with Crippen LogP contribution in [0.15, 0.2) is 40.3 Å². The van der Waals surface area contributed by atoms with Gasteiger partial charge in [0, 0.05) is 11.1 Å². The molecule has 0 saturated heterocycles. The average Bonchev–Trinajstić information content (AvgIpc) is 3.11. The van der Waals surface area contributed by atoms with E-state index in [0.717, 1.165) is 36.9 Å². The lowest BCUT2D eigenvalue weighted by atomic mass is 9.95. The van der Waals surface area contributed by atoms with E-state index in [0.29, 0.717) is 36.9 Å². The number of carbonyl (C=O) groups is 1. The van der Waals surface area contributed by atoms with E-state index >= 15 is 0 Å². The molecule has 1 fully saturated rings. The van der Waals surface area contributed by atoms with Crippen LogP contribution in [0.5, 0.6) is 0 Å². The first-order chi connectivity index (χ1) is 14.5. The van der Waals surface area contributed by atoms with Gasteiger partial charge in [-0.15, -0.1) is 0 Å². The molecule has 1 saturated carbocycles. The van der Waals surface area contributed by atoms with Crippen molar-refractivity contribution in [1.29, 1.82) is 0 Å². The summed E-state index contributed by atoms with van der Waals surface area (Å²) in [7, 11) is 0. The maximum absolute atomic E-state index is 13.1. The van der Waals surface area contributed by atoms with Gasteiger partial charge in [-0.2, -0.15) is 0 Å². The Balaban J connectivity index is 1.51. The van der Waals surface area contributed by atoms with Crippen LogP contribution in [0, 0.1) is 12.7 Å². The number of nitrogens with zero attached hydrogens (tertiary/aromatic N) is 1. The number of carboxylic acid groups (broad SMARTS) is 1. The van der Waals surface area contributed by atoms with Crippen molar-refractivity contribution in [1.82, 2.24) is 4.98 Å². The van der Waals surface area contributed by atoms with Crippen molar-refractivity contribution in [3.63, 3.8) is 0 Å². The van der Waals surface area contributed by atoms with Crippen LogP contribution in [0.4, 0.5) is 4.39 Å². The van der Waals surface area contributed by atoms with Gasteiger partial charge in [0.05, 0.1) is 25.4 Å². The van der Waals surface area contributed by atoms with E-state index in [1.807, 2.05) is 13.8 Å². The van der Waals surface area contributed by atoms with Crippen molar-refractivity contribution in [3.8, 4) is 11.5 Å². The Labute approximate surface area is 175 Å². The van der Waals surface area contributed by atoms with Crippen molar-refractivity contribution in [3.05, 3.63) is 53.2 Å². The molecule has 1 aliphatic rings. The summed E-state index contributed by atoms with van der Waals surface area (Å²) >= 11 is 0. The summed E-state index contributed by atoms with van der Waals surface area (Å²) < 4.78 is 30.7. The molecule has 1 aromatic heterocycles. The molecule has 1 aromatic carbocycles. The summed E-state index contributed by atoms with van der Waals surface area (Å²) in [6.45, 7) is 4.30. The van der Waals surface area contributed by atoms with Crippen LogP contribution in [0.3, 0.4) is 0 Å². The molecule has 3 rings (SSSR count). The molecule has 162 valence electrons. The standard InChI is InChI=1S/C23H28FNO5/c1-3-16(23(26)27)11-12-28-19-5-4-6-20(13-19)29-14-21-15(2)30-22(25-21)17-7-9-18(24)10-8-17/h7-11,19-20H,3-6,12-14H2,1-2H3,(H,26,27)/t19-,20+/m1/s1. The van der Waals surface area contributed by atoms with Crippen molar-refractivity contribution < 1.29 is 28.2 Å². The van der Waals surface area contributed by atoms with Gasteiger partial charge in [-0.3, -0.25) is 0 Å². The minimum absolute atomic E-state index is 0.0556. The molecular formula is C23H28FNO5. The summed E-state index contributed by atoms with van der Waals surface area (Å²) in [5.74, 6) is -0.0605. The molecule has 0 aliphatic heterocycles. The van der Waals surface area contributed by atoms with E-state index in [4.69, 9.17) is 19.0 Å². The third kappa shape index (κ3) is 6.00. The molecule has 1 N–H and O–H groups in total. The van der Waals surface area contributed by atoms with E-state index in [-0.39, 0.29) is 18.0 Å². The SMILES string of the molecule is CCC(=CCO[C@@H]1CCC[C@H](OCc2nc(-c3ccc(F)cc3)oc2C)C1)C(=O)O. The highest BCUT2D eigenvalue weighted by Crippen LogP contribution is 2.26. The molecule has 0 radical (unpaired) electrons. The number of oxazole rings is 1. The van der Waals surface area contributed by atoms with Crippen LogP contribution < -0.4 is 0 Å². The van der Waals surface area contributed by atoms with Gasteiger partial charge in [0.2, 0.25) is 5.89 Å². The normalized spacial score (nSPS) is 19.8. The third-order valence-electron chi connectivity index (χ3n) is 5.33. The van der Waals surface area contributed by atoms with Gasteiger partial charge in [0.25, 0.3) is 0 Å². The van der Waals surface area contributed by atoms with E-state index in [9.17, 15) is 9.18 Å². The number of ether oxygens (including phenoxy) is 2. The first kappa shape index (κ1) is 22.2. The monoisotopic (exact) mass is 417 g/mol. The fourth-order valence-corrected chi connectivity index (χ4v) is 3.55. The molecule has 7 heteroatoms. The van der Waals surface area contributed by atoms with Gasteiger partial charge in [-0.25, -0.2) is 14.2 Å². The molecule has 6 nitrogen and oxygen atoms in total. The second kappa shape index (κ2) is 10.5. The van der Waals surface area contributed by atoms with Gasteiger partial charge < -0.3 is 19.0 Å². The van der Waals surface area contributed by atoms with E-state index in [1.165, 1.54) is 12.1 Å². The molecule has 1 aliphatic carbocycles. The average molecular weight is 417 g/mol. The zero-order valence-corrected chi connectivity index (χ0v) is 17.4. The van der Waals surface area contributed by atoms with Crippen molar-refractivity contribution in [2.45, 2.75) is 64.8 Å². The molecule has 1 heterocycles. The van der Waals surface area contributed by atoms with Crippen LogP contribution in [0.1, 0.15) is 50.5 Å². The third-order valence-corrected chi connectivity index (χ3v) is 5.33. The van der Waals surface area contributed by atoms with Crippen LogP contribution >= 0.6 is 0 Å². The van der Waals surface area contributed by atoms with Gasteiger partial charge in [0.15, 0.2) is 0 Å². The minimum Gasteiger partial charge on any atom is -0.478 e. The van der Waals surface area contributed by atoms with Gasteiger partial charge in [-0.05, 0) is 69.4 Å². The fourth-order valence-electron chi connectivity index (χ4n) is 3.55. The number of halogens is 1. The predicted octanol–water partition coefficient (Wildman–Crippen LogP) is 5.05. The Hall–Kier alpha value is -2.51. The lowest BCUT2D eigenvalue weighted by Crippen LogP contribution is -2.28. The second-order valence-corrected chi connectivity index (χ2v) is 7.47. The first-order valence-electron chi connectivity index (χ1n) is 10.3. The minimum atomic E-state index is -0.894. The van der Waals surface area contributed by atoms with Crippen LogP contribution in [-0.4, -0.2) is 34.9 Å². The van der Waals surface area contributed by atoms with Gasteiger partial charge >= 0.3 is 5.97 Å². The summed E-state index contributed by atoms with van der Waals surface area (Å²) in [5.41, 5.74) is 1.82. The van der Waals surface area contributed by atoms with E-state index in [2.05, 4.69) is 4.98 Å². The largest absolute Gasteiger partial charge is 0.478 e. The van der Waals surface area contributed by atoms with E-state index in [1.54, 1.807) is 18.2 Å². The molecular weight excluding hydrogens is 389 g/mol. The van der Waals surface area contributed by atoms with Gasteiger partial charge in [0.1, 0.15) is 17.3 Å². The van der Waals surface area contributed by atoms with E-state index < -0.39 is 5.97 Å². The summed E-state index contributed by atoms with van der Waals surface area (Å²) in [4.78, 5) is 15.5. The zero-order valence-electron chi connectivity index (χ0n) is 17.4. The lowest BCUT2D eigenvalue weighted by Gasteiger charge is -2.28. The Morgan fingerprint density at radius 1 is 1.27 bits per heavy atom. The van der Waals surface area contributed by atoms with Crippen LogP contribution in [0.25, 0.3) is 11.5 Å². The number of aromatic nitrogens is 1. The Kier molecular flexibility index (Phi) is 7.76. The molecule has 0 spiro atoms. The maximum atomic E-state index is 13.1. The number of hydrogen-bond acceptors (Lipinski definition) is 5. The highest BCUT2D eigenvalue weighted by molar-refractivity contribution is 5.86. The maximum Gasteiger partial charge on any atom is 0.331 e. The van der Waals surface area contributed by atoms with Crippen molar-refractivity contribution in [2.75, 3.05) is 6.61 Å². The number of rotatable bonds is 9. The number of benzene rings is 1. The highest BCUT2D eigenvalue weighted by Gasteiger charge is 2.24. The predicted molar refractivity (Wildman–Crippen MR) is 109 cm³/mol. The Bertz CT molecular complexity index is 874. The molecule has 0 amide bonds. The highest BCUT2D eigenvalue weighted by atomic mass is 19.1. The topological polar surface area (TPSA) is 81.8 Å². The van der Waals surface area contributed by atoms with Crippen LogP contribution in [0.2, 0.25) is 0 Å². The quantitative estimate of drug-likeness (QED) is 0.575. The molecule has 2 atom stereocenters. The molecule has 0 bridgehead atoms.